The number of carboxylic acid groups (broad SMARTS) is 1. The van der Waals surface area contributed by atoms with Gasteiger partial charge in [-0.2, -0.15) is 0 Å². The molecule has 3 amide bonds. The Kier molecular flexibility index (Phi) is 12.1. The standard InChI is InChI=1S/C21H37N7O5/c1-12(2)8-15(23)19(30)26-13(3)18(29)28-17(9-14-10-24-11-25-14)20(31)27-16(21(32)33)6-4-5-7-22/h10-13,15-17H,4-9,22-23H2,1-3H3,(H,24,25)(H,26,30)(H,27,31)(H,28,29)(H,32,33). The molecule has 9 N–H and O–H groups in total. The molecule has 0 aliphatic rings. The highest BCUT2D eigenvalue weighted by atomic mass is 16.4. The summed E-state index contributed by atoms with van der Waals surface area (Å²) in [5.41, 5.74) is 11.9. The number of carbonyl (C=O) groups excluding carboxylic acids is 3. The Balaban J connectivity index is 2.84. The van der Waals surface area contributed by atoms with Crippen molar-refractivity contribution in [2.45, 2.75) is 77.0 Å². The Labute approximate surface area is 193 Å². The van der Waals surface area contributed by atoms with Crippen molar-refractivity contribution in [2.24, 2.45) is 17.4 Å². The van der Waals surface area contributed by atoms with Crippen LogP contribution in [0.2, 0.25) is 0 Å². The molecule has 1 heterocycles. The van der Waals surface area contributed by atoms with E-state index in [1.54, 1.807) is 0 Å². The molecule has 0 saturated heterocycles. The average Bonchev–Trinajstić information content (AvgIpc) is 3.24. The van der Waals surface area contributed by atoms with Crippen molar-refractivity contribution in [3.8, 4) is 0 Å². The number of amides is 3. The molecule has 12 nitrogen and oxygen atoms in total. The quantitative estimate of drug-likeness (QED) is 0.159. The molecule has 1 aromatic rings. The van der Waals surface area contributed by atoms with Crippen LogP contribution in [0.25, 0.3) is 0 Å². The summed E-state index contributed by atoms with van der Waals surface area (Å²) in [6.07, 6.45) is 4.82. The van der Waals surface area contributed by atoms with Gasteiger partial charge in [-0.15, -0.1) is 0 Å². The van der Waals surface area contributed by atoms with E-state index in [1.807, 2.05) is 13.8 Å². The van der Waals surface area contributed by atoms with Gasteiger partial charge in [0.25, 0.3) is 0 Å². The van der Waals surface area contributed by atoms with Gasteiger partial charge in [0.2, 0.25) is 17.7 Å². The molecular formula is C21H37N7O5. The lowest BCUT2D eigenvalue weighted by Gasteiger charge is -2.23. The first-order valence-electron chi connectivity index (χ1n) is 11.1. The van der Waals surface area contributed by atoms with E-state index in [1.165, 1.54) is 19.4 Å². The average molecular weight is 468 g/mol. The van der Waals surface area contributed by atoms with E-state index >= 15 is 0 Å². The fourth-order valence-electron chi connectivity index (χ4n) is 3.15. The lowest BCUT2D eigenvalue weighted by atomic mass is 10.0. The van der Waals surface area contributed by atoms with Crippen molar-refractivity contribution in [1.29, 1.82) is 0 Å². The van der Waals surface area contributed by atoms with Gasteiger partial charge in [-0.1, -0.05) is 13.8 Å². The lowest BCUT2D eigenvalue weighted by Crippen LogP contribution is -2.57. The van der Waals surface area contributed by atoms with Crippen LogP contribution in [0.15, 0.2) is 12.5 Å². The van der Waals surface area contributed by atoms with Gasteiger partial charge < -0.3 is 37.5 Å². The van der Waals surface area contributed by atoms with E-state index < -0.39 is 47.9 Å². The summed E-state index contributed by atoms with van der Waals surface area (Å²) >= 11 is 0. The molecule has 33 heavy (non-hydrogen) atoms. The molecule has 0 saturated carbocycles. The molecule has 4 atom stereocenters. The van der Waals surface area contributed by atoms with E-state index in [9.17, 15) is 24.3 Å². The number of aliphatic carboxylic acids is 1. The highest BCUT2D eigenvalue weighted by Crippen LogP contribution is 2.06. The fraction of sp³-hybridized carbons (Fsp3) is 0.667. The minimum atomic E-state index is -1.17. The molecule has 1 rings (SSSR count). The van der Waals surface area contributed by atoms with Crippen LogP contribution in [-0.4, -0.2) is 69.5 Å². The van der Waals surface area contributed by atoms with E-state index in [4.69, 9.17) is 11.5 Å². The lowest BCUT2D eigenvalue weighted by molar-refractivity contribution is -0.142. The highest BCUT2D eigenvalue weighted by molar-refractivity contribution is 5.94. The SMILES string of the molecule is CC(C)CC(N)C(=O)NC(C)C(=O)NC(Cc1cnc[nH]1)C(=O)NC(CCCCN)C(=O)O. The Morgan fingerprint density at radius 2 is 1.70 bits per heavy atom. The maximum atomic E-state index is 12.9. The molecule has 1 aromatic heterocycles. The van der Waals surface area contributed by atoms with Crippen molar-refractivity contribution >= 4 is 23.7 Å². The maximum Gasteiger partial charge on any atom is 0.326 e. The van der Waals surface area contributed by atoms with Crippen molar-refractivity contribution in [2.75, 3.05) is 6.54 Å². The van der Waals surface area contributed by atoms with Crippen LogP contribution < -0.4 is 27.4 Å². The maximum absolute atomic E-state index is 12.9. The molecule has 4 unspecified atom stereocenters. The number of nitrogens with two attached hydrogens (primary N) is 2. The van der Waals surface area contributed by atoms with Crippen molar-refractivity contribution in [1.82, 2.24) is 25.9 Å². The third-order valence-electron chi connectivity index (χ3n) is 4.99. The number of hydrogen-bond acceptors (Lipinski definition) is 7. The molecular weight excluding hydrogens is 430 g/mol. The first-order valence-corrected chi connectivity index (χ1v) is 11.1. The predicted molar refractivity (Wildman–Crippen MR) is 122 cm³/mol. The van der Waals surface area contributed by atoms with Gasteiger partial charge in [0.1, 0.15) is 18.1 Å². The van der Waals surface area contributed by atoms with Gasteiger partial charge in [0.05, 0.1) is 12.4 Å². The van der Waals surface area contributed by atoms with E-state index in [0.717, 1.165) is 0 Å². The van der Waals surface area contributed by atoms with Gasteiger partial charge in [-0.3, -0.25) is 14.4 Å². The van der Waals surface area contributed by atoms with E-state index in [0.29, 0.717) is 31.5 Å². The van der Waals surface area contributed by atoms with Crippen LogP contribution in [0.3, 0.4) is 0 Å². The molecule has 0 fully saturated rings. The third kappa shape index (κ3) is 10.4. The molecule has 0 aliphatic heterocycles. The summed E-state index contributed by atoms with van der Waals surface area (Å²) in [5.74, 6) is -2.69. The van der Waals surface area contributed by atoms with Crippen molar-refractivity contribution in [3.05, 3.63) is 18.2 Å². The monoisotopic (exact) mass is 467 g/mol. The number of unbranched alkanes of at least 4 members (excludes halogenated alkanes) is 1. The molecule has 0 spiro atoms. The van der Waals surface area contributed by atoms with Gasteiger partial charge >= 0.3 is 5.97 Å². The normalized spacial score (nSPS) is 14.7. The predicted octanol–water partition coefficient (Wildman–Crippen LogP) is -0.986. The minimum absolute atomic E-state index is 0.0558. The van der Waals surface area contributed by atoms with Crippen LogP contribution >= 0.6 is 0 Å². The first-order chi connectivity index (χ1) is 15.5. The Hall–Kier alpha value is -2.99. The summed E-state index contributed by atoms with van der Waals surface area (Å²) < 4.78 is 0. The fourth-order valence-corrected chi connectivity index (χ4v) is 3.15. The smallest absolute Gasteiger partial charge is 0.326 e. The van der Waals surface area contributed by atoms with Crippen LogP contribution in [0.5, 0.6) is 0 Å². The van der Waals surface area contributed by atoms with E-state index in [2.05, 4.69) is 25.9 Å². The molecule has 186 valence electrons. The van der Waals surface area contributed by atoms with Crippen LogP contribution in [-0.2, 0) is 25.6 Å². The first kappa shape index (κ1) is 28.0. The summed E-state index contributed by atoms with van der Waals surface area (Å²) in [4.78, 5) is 56.1. The number of H-pyrrole nitrogens is 1. The number of aromatic nitrogens is 2. The molecule has 0 aromatic carbocycles. The number of nitrogens with one attached hydrogen (secondary N) is 4. The second-order valence-electron chi connectivity index (χ2n) is 8.49. The number of imidazole rings is 1. The van der Waals surface area contributed by atoms with Crippen molar-refractivity contribution < 1.29 is 24.3 Å². The Morgan fingerprint density at radius 1 is 1.03 bits per heavy atom. The Morgan fingerprint density at radius 3 is 2.24 bits per heavy atom. The van der Waals surface area contributed by atoms with Crippen LogP contribution in [0.1, 0.15) is 52.1 Å². The summed E-state index contributed by atoms with van der Waals surface area (Å²) in [5, 5.41) is 17.0. The van der Waals surface area contributed by atoms with E-state index in [-0.39, 0.29) is 18.8 Å². The summed E-state index contributed by atoms with van der Waals surface area (Å²) in [6.45, 7) is 5.77. The number of aromatic amines is 1. The summed E-state index contributed by atoms with van der Waals surface area (Å²) in [7, 11) is 0. The minimum Gasteiger partial charge on any atom is -0.480 e. The zero-order valence-corrected chi connectivity index (χ0v) is 19.5. The van der Waals surface area contributed by atoms with Crippen molar-refractivity contribution in [3.63, 3.8) is 0 Å². The second-order valence-corrected chi connectivity index (χ2v) is 8.49. The number of carboxylic acids is 1. The summed E-state index contributed by atoms with van der Waals surface area (Å²) in [6, 6.07) is -3.91. The number of carbonyl (C=O) groups is 4. The van der Waals surface area contributed by atoms with Gasteiger partial charge in [-0.25, -0.2) is 9.78 Å². The number of hydrogen-bond donors (Lipinski definition) is 7. The van der Waals surface area contributed by atoms with Gasteiger partial charge in [-0.05, 0) is 45.1 Å². The largest absolute Gasteiger partial charge is 0.480 e. The zero-order chi connectivity index (χ0) is 25.0. The van der Waals surface area contributed by atoms with Gasteiger partial charge in [0, 0.05) is 18.3 Å². The van der Waals surface area contributed by atoms with Gasteiger partial charge in [0.15, 0.2) is 0 Å². The molecule has 0 radical (unpaired) electrons. The zero-order valence-electron chi connectivity index (χ0n) is 19.5. The molecule has 12 heteroatoms. The Bertz CT molecular complexity index is 769. The molecule has 0 bridgehead atoms. The second kappa shape index (κ2) is 14.2. The topological polar surface area (TPSA) is 205 Å². The number of nitrogens with zero attached hydrogens (tertiary/aromatic N) is 1. The van der Waals surface area contributed by atoms with Crippen LogP contribution in [0.4, 0.5) is 0 Å². The number of rotatable bonds is 15. The highest BCUT2D eigenvalue weighted by Gasteiger charge is 2.29. The third-order valence-corrected chi connectivity index (χ3v) is 4.99. The van der Waals surface area contributed by atoms with Crippen LogP contribution in [0, 0.1) is 5.92 Å². The molecule has 0 aliphatic carbocycles.